The average Bonchev–Trinajstić information content (AvgIpc) is 2.46. The molecule has 2 N–H and O–H groups in total. The first-order valence-corrected chi connectivity index (χ1v) is 6.69. The van der Waals surface area contributed by atoms with E-state index in [0.717, 1.165) is 12.8 Å². The van der Waals surface area contributed by atoms with Gasteiger partial charge < -0.3 is 5.73 Å². The van der Waals surface area contributed by atoms with Crippen molar-refractivity contribution in [2.45, 2.75) is 33.2 Å². The van der Waals surface area contributed by atoms with Crippen LogP contribution in [-0.2, 0) is 19.4 Å². The molecule has 0 unspecified atom stereocenters. The van der Waals surface area contributed by atoms with E-state index in [-0.39, 0.29) is 0 Å². The lowest BCUT2D eigenvalue weighted by molar-refractivity contribution is 1.04. The topological polar surface area (TPSA) is 26.0 Å². The molecule has 0 atom stereocenters. The number of aryl methyl sites for hydroxylation is 2. The number of rotatable bonds is 4. The second-order valence-electron chi connectivity index (χ2n) is 4.59. The molecule has 2 aromatic rings. The average molecular weight is 239 g/mol. The molecule has 1 heteroatoms. The largest absolute Gasteiger partial charge is 0.326 e. The van der Waals surface area contributed by atoms with E-state index < -0.39 is 0 Å². The second kappa shape index (κ2) is 5.83. The molecule has 2 rings (SSSR count). The quantitative estimate of drug-likeness (QED) is 0.859. The fraction of sp³-hybridized carbons (Fsp3) is 0.294. The van der Waals surface area contributed by atoms with Gasteiger partial charge in [0.1, 0.15) is 0 Å². The van der Waals surface area contributed by atoms with Gasteiger partial charge in [0.15, 0.2) is 0 Å². The Morgan fingerprint density at radius 3 is 1.94 bits per heavy atom. The molecule has 0 aliphatic carbocycles. The van der Waals surface area contributed by atoms with Gasteiger partial charge in [0.05, 0.1) is 0 Å². The Bertz CT molecular complexity index is 512. The van der Waals surface area contributed by atoms with E-state index in [1.807, 2.05) is 0 Å². The van der Waals surface area contributed by atoms with Gasteiger partial charge in [0.25, 0.3) is 0 Å². The van der Waals surface area contributed by atoms with Crippen molar-refractivity contribution in [1.82, 2.24) is 0 Å². The monoisotopic (exact) mass is 239 g/mol. The molecule has 0 aromatic heterocycles. The van der Waals surface area contributed by atoms with Gasteiger partial charge in [0.2, 0.25) is 0 Å². The van der Waals surface area contributed by atoms with Gasteiger partial charge in [-0.2, -0.15) is 0 Å². The van der Waals surface area contributed by atoms with Gasteiger partial charge in [0, 0.05) is 6.54 Å². The van der Waals surface area contributed by atoms with Crippen LogP contribution in [0.4, 0.5) is 0 Å². The summed E-state index contributed by atoms with van der Waals surface area (Å²) in [6, 6.07) is 15.3. The third-order valence-corrected chi connectivity index (χ3v) is 3.49. The van der Waals surface area contributed by atoms with Crippen LogP contribution in [0.15, 0.2) is 42.5 Å². The molecular weight excluding hydrogens is 218 g/mol. The van der Waals surface area contributed by atoms with Gasteiger partial charge >= 0.3 is 0 Å². The van der Waals surface area contributed by atoms with Gasteiger partial charge in [-0.1, -0.05) is 56.3 Å². The third-order valence-electron chi connectivity index (χ3n) is 3.49. The summed E-state index contributed by atoms with van der Waals surface area (Å²) < 4.78 is 0. The molecule has 0 heterocycles. The Balaban J connectivity index is 2.37. The number of hydrogen-bond donors (Lipinski definition) is 1. The smallest absolute Gasteiger partial charge is 0.0178 e. The SMILES string of the molecule is CCc1ccc(-c2ccc(CN)cc2)cc1CC. The molecule has 0 saturated heterocycles. The number of hydrogen-bond acceptors (Lipinski definition) is 1. The van der Waals surface area contributed by atoms with Crippen LogP contribution in [0.25, 0.3) is 11.1 Å². The van der Waals surface area contributed by atoms with Crippen molar-refractivity contribution in [1.29, 1.82) is 0 Å². The molecule has 0 aliphatic heterocycles. The molecule has 18 heavy (non-hydrogen) atoms. The van der Waals surface area contributed by atoms with E-state index in [2.05, 4.69) is 56.3 Å². The lowest BCUT2D eigenvalue weighted by Crippen LogP contribution is -1.95. The molecular formula is C17H21N. The van der Waals surface area contributed by atoms with Crippen molar-refractivity contribution in [3.05, 3.63) is 59.2 Å². The van der Waals surface area contributed by atoms with Crippen molar-refractivity contribution >= 4 is 0 Å². The molecule has 1 nitrogen and oxygen atoms in total. The van der Waals surface area contributed by atoms with Crippen molar-refractivity contribution in [3.63, 3.8) is 0 Å². The minimum Gasteiger partial charge on any atom is -0.326 e. The molecule has 0 saturated carbocycles. The van der Waals surface area contributed by atoms with E-state index in [9.17, 15) is 0 Å². The highest BCUT2D eigenvalue weighted by Gasteiger charge is 2.03. The van der Waals surface area contributed by atoms with Crippen LogP contribution < -0.4 is 5.73 Å². The van der Waals surface area contributed by atoms with Gasteiger partial charge in [-0.05, 0) is 40.7 Å². The third kappa shape index (κ3) is 2.62. The van der Waals surface area contributed by atoms with Crippen LogP contribution in [0.2, 0.25) is 0 Å². The van der Waals surface area contributed by atoms with E-state index in [1.165, 1.54) is 27.8 Å². The molecule has 0 radical (unpaired) electrons. The summed E-state index contributed by atoms with van der Waals surface area (Å²) in [6.07, 6.45) is 2.20. The summed E-state index contributed by atoms with van der Waals surface area (Å²) in [5.41, 5.74) is 12.3. The van der Waals surface area contributed by atoms with Crippen molar-refractivity contribution < 1.29 is 0 Å². The first-order valence-electron chi connectivity index (χ1n) is 6.69. The van der Waals surface area contributed by atoms with Crippen LogP contribution in [0.3, 0.4) is 0 Å². The van der Waals surface area contributed by atoms with Crippen molar-refractivity contribution in [2.75, 3.05) is 0 Å². The van der Waals surface area contributed by atoms with Crippen LogP contribution in [-0.4, -0.2) is 0 Å². The van der Waals surface area contributed by atoms with Gasteiger partial charge in [-0.15, -0.1) is 0 Å². The minimum absolute atomic E-state index is 0.606. The Kier molecular flexibility index (Phi) is 4.16. The van der Waals surface area contributed by atoms with Crippen LogP contribution in [0, 0.1) is 0 Å². The van der Waals surface area contributed by atoms with E-state index in [4.69, 9.17) is 5.73 Å². The Morgan fingerprint density at radius 2 is 1.39 bits per heavy atom. The number of nitrogens with two attached hydrogens (primary N) is 1. The Morgan fingerprint density at radius 1 is 0.778 bits per heavy atom. The highest BCUT2D eigenvalue weighted by molar-refractivity contribution is 5.65. The predicted octanol–water partition coefficient (Wildman–Crippen LogP) is 3.94. The predicted molar refractivity (Wildman–Crippen MR) is 78.5 cm³/mol. The van der Waals surface area contributed by atoms with Crippen molar-refractivity contribution in [2.24, 2.45) is 5.73 Å². The first kappa shape index (κ1) is 12.8. The summed E-state index contributed by atoms with van der Waals surface area (Å²) >= 11 is 0. The summed E-state index contributed by atoms with van der Waals surface area (Å²) in [6.45, 7) is 5.04. The zero-order chi connectivity index (χ0) is 13.0. The summed E-state index contributed by atoms with van der Waals surface area (Å²) in [5.74, 6) is 0. The van der Waals surface area contributed by atoms with E-state index in [1.54, 1.807) is 0 Å². The Hall–Kier alpha value is -1.60. The van der Waals surface area contributed by atoms with Gasteiger partial charge in [-0.25, -0.2) is 0 Å². The van der Waals surface area contributed by atoms with Crippen molar-refractivity contribution in [3.8, 4) is 11.1 Å². The molecule has 94 valence electrons. The lowest BCUT2D eigenvalue weighted by atomic mass is 9.96. The fourth-order valence-corrected chi connectivity index (χ4v) is 2.31. The summed E-state index contributed by atoms with van der Waals surface area (Å²) in [5, 5.41) is 0. The van der Waals surface area contributed by atoms with E-state index >= 15 is 0 Å². The second-order valence-corrected chi connectivity index (χ2v) is 4.59. The lowest BCUT2D eigenvalue weighted by Gasteiger charge is -2.09. The zero-order valence-electron chi connectivity index (χ0n) is 11.2. The molecule has 0 spiro atoms. The van der Waals surface area contributed by atoms with Gasteiger partial charge in [-0.3, -0.25) is 0 Å². The van der Waals surface area contributed by atoms with Crippen LogP contribution >= 0.6 is 0 Å². The maximum atomic E-state index is 5.62. The zero-order valence-corrected chi connectivity index (χ0v) is 11.2. The molecule has 0 bridgehead atoms. The summed E-state index contributed by atoms with van der Waals surface area (Å²) in [7, 11) is 0. The standard InChI is InChI=1S/C17H21N/c1-3-14-9-10-17(11-15(14)4-2)16-7-5-13(12-18)6-8-16/h5-11H,3-4,12,18H2,1-2H3. The van der Waals surface area contributed by atoms with Crippen LogP contribution in [0.5, 0.6) is 0 Å². The maximum absolute atomic E-state index is 5.62. The molecule has 0 fully saturated rings. The molecule has 0 amide bonds. The summed E-state index contributed by atoms with van der Waals surface area (Å²) in [4.78, 5) is 0. The fourth-order valence-electron chi connectivity index (χ4n) is 2.31. The molecule has 0 aliphatic rings. The first-order chi connectivity index (χ1) is 8.78. The normalized spacial score (nSPS) is 10.6. The molecule has 2 aromatic carbocycles. The maximum Gasteiger partial charge on any atom is 0.0178 e. The highest BCUT2D eigenvalue weighted by Crippen LogP contribution is 2.23. The highest BCUT2D eigenvalue weighted by atomic mass is 14.5. The Labute approximate surface area is 110 Å². The van der Waals surface area contributed by atoms with Crippen LogP contribution in [0.1, 0.15) is 30.5 Å². The minimum atomic E-state index is 0.606. The van der Waals surface area contributed by atoms with E-state index in [0.29, 0.717) is 6.54 Å². The number of benzene rings is 2.